The van der Waals surface area contributed by atoms with Crippen molar-refractivity contribution in [2.45, 2.75) is 10.3 Å². The predicted molar refractivity (Wildman–Crippen MR) is 61.1 cm³/mol. The van der Waals surface area contributed by atoms with E-state index in [4.69, 9.17) is 4.74 Å². The van der Waals surface area contributed by atoms with Gasteiger partial charge in [0.15, 0.2) is 9.84 Å². The molecule has 0 bridgehead atoms. The quantitative estimate of drug-likeness (QED) is 0.808. The minimum absolute atomic E-state index is 0.0673. The van der Waals surface area contributed by atoms with Crippen LogP contribution in [0.25, 0.3) is 0 Å². The van der Waals surface area contributed by atoms with Gasteiger partial charge in [-0.3, -0.25) is 0 Å². The zero-order chi connectivity index (χ0) is 11.3. The van der Waals surface area contributed by atoms with Crippen molar-refractivity contribution in [2.24, 2.45) is 0 Å². The van der Waals surface area contributed by atoms with Gasteiger partial charge in [0.25, 0.3) is 0 Å². The van der Waals surface area contributed by atoms with Gasteiger partial charge >= 0.3 is 0 Å². The lowest BCUT2D eigenvalue weighted by molar-refractivity contribution is 0.176. The predicted octanol–water partition coefficient (Wildman–Crippen LogP) is 0.756. The van der Waals surface area contributed by atoms with Gasteiger partial charge < -0.3 is 10.1 Å². The molecule has 86 valence electrons. The normalized spacial score (nSPS) is 14.0. The third-order valence-electron chi connectivity index (χ3n) is 2.00. The van der Waals surface area contributed by atoms with Crippen LogP contribution in [0.2, 0.25) is 0 Å². The summed E-state index contributed by atoms with van der Waals surface area (Å²) < 4.78 is 29.1. The number of rotatable bonds is 6. The molecule has 15 heavy (non-hydrogen) atoms. The van der Waals surface area contributed by atoms with Gasteiger partial charge in [-0.1, -0.05) is 6.07 Å². The highest BCUT2D eigenvalue weighted by Gasteiger charge is 2.20. The van der Waals surface area contributed by atoms with Gasteiger partial charge in [-0.05, 0) is 18.5 Å². The van der Waals surface area contributed by atoms with Crippen molar-refractivity contribution < 1.29 is 13.2 Å². The SMILES string of the molecule is CNC(COC)CS(=O)(=O)c1cccs1. The van der Waals surface area contributed by atoms with E-state index < -0.39 is 9.84 Å². The smallest absolute Gasteiger partial charge is 0.189 e. The van der Waals surface area contributed by atoms with Crippen LogP contribution in [-0.4, -0.2) is 41.0 Å². The minimum Gasteiger partial charge on any atom is -0.383 e. The Morgan fingerprint density at radius 1 is 1.60 bits per heavy atom. The maximum Gasteiger partial charge on any atom is 0.189 e. The Balaban J connectivity index is 2.72. The van der Waals surface area contributed by atoms with Gasteiger partial charge in [-0.2, -0.15) is 0 Å². The molecule has 0 aliphatic rings. The Morgan fingerprint density at radius 3 is 2.80 bits per heavy atom. The molecule has 0 saturated carbocycles. The van der Waals surface area contributed by atoms with E-state index in [1.807, 2.05) is 0 Å². The summed E-state index contributed by atoms with van der Waals surface area (Å²) in [6.07, 6.45) is 0. The largest absolute Gasteiger partial charge is 0.383 e. The Labute approximate surface area is 94.2 Å². The summed E-state index contributed by atoms with van der Waals surface area (Å²) in [4.78, 5) is 0. The fourth-order valence-electron chi connectivity index (χ4n) is 1.20. The van der Waals surface area contributed by atoms with Crippen LogP contribution in [0, 0.1) is 0 Å². The molecule has 0 aliphatic carbocycles. The number of likely N-dealkylation sites (N-methyl/N-ethyl adjacent to an activating group) is 1. The molecular formula is C9H15NO3S2. The van der Waals surface area contributed by atoms with E-state index in [-0.39, 0.29) is 11.8 Å². The summed E-state index contributed by atoms with van der Waals surface area (Å²) in [6, 6.07) is 3.20. The second-order valence-electron chi connectivity index (χ2n) is 3.15. The zero-order valence-corrected chi connectivity index (χ0v) is 10.4. The number of ether oxygens (including phenoxy) is 1. The van der Waals surface area contributed by atoms with Gasteiger partial charge in [0.2, 0.25) is 0 Å². The van der Waals surface area contributed by atoms with Gasteiger partial charge in [0.05, 0.1) is 12.4 Å². The highest BCUT2D eigenvalue weighted by Crippen LogP contribution is 2.18. The van der Waals surface area contributed by atoms with E-state index in [9.17, 15) is 8.42 Å². The number of hydrogen-bond donors (Lipinski definition) is 1. The maximum absolute atomic E-state index is 11.9. The number of sulfone groups is 1. The third kappa shape index (κ3) is 3.57. The van der Waals surface area contributed by atoms with E-state index in [1.54, 1.807) is 31.7 Å². The Hall–Kier alpha value is -0.430. The molecule has 1 atom stereocenters. The molecule has 1 rings (SSSR count). The molecule has 6 heteroatoms. The Morgan fingerprint density at radius 2 is 2.33 bits per heavy atom. The highest BCUT2D eigenvalue weighted by molar-refractivity contribution is 7.93. The lowest BCUT2D eigenvalue weighted by Crippen LogP contribution is -2.36. The van der Waals surface area contributed by atoms with Crippen LogP contribution in [0.4, 0.5) is 0 Å². The average Bonchev–Trinajstić information content (AvgIpc) is 2.70. The standard InChI is InChI=1S/C9H15NO3S2/c1-10-8(6-13-2)7-15(11,12)9-4-3-5-14-9/h3-5,8,10H,6-7H2,1-2H3. The summed E-state index contributed by atoms with van der Waals surface area (Å²) >= 11 is 1.24. The summed E-state index contributed by atoms with van der Waals surface area (Å²) in [5.41, 5.74) is 0. The first-order chi connectivity index (χ1) is 7.10. The average molecular weight is 249 g/mol. The van der Waals surface area contributed by atoms with Crippen LogP contribution in [0.1, 0.15) is 0 Å². The molecule has 0 amide bonds. The molecule has 0 aromatic carbocycles. The Bertz CT molecular complexity index is 372. The van der Waals surface area contributed by atoms with Crippen molar-refractivity contribution in [2.75, 3.05) is 26.5 Å². The van der Waals surface area contributed by atoms with Crippen LogP contribution in [-0.2, 0) is 14.6 Å². The van der Waals surface area contributed by atoms with E-state index in [2.05, 4.69) is 5.32 Å². The van der Waals surface area contributed by atoms with Crippen LogP contribution >= 0.6 is 11.3 Å². The second kappa shape index (κ2) is 5.60. The van der Waals surface area contributed by atoms with Crippen molar-refractivity contribution >= 4 is 21.2 Å². The molecule has 1 N–H and O–H groups in total. The molecule has 1 unspecified atom stereocenters. The monoisotopic (exact) mass is 249 g/mol. The molecule has 0 spiro atoms. The topological polar surface area (TPSA) is 55.4 Å². The molecule has 4 nitrogen and oxygen atoms in total. The molecule has 0 saturated heterocycles. The fraction of sp³-hybridized carbons (Fsp3) is 0.556. The van der Waals surface area contributed by atoms with Crippen LogP contribution < -0.4 is 5.32 Å². The summed E-state index contributed by atoms with van der Waals surface area (Å²) in [7, 11) is 0.113. The van der Waals surface area contributed by atoms with Gasteiger partial charge in [0, 0.05) is 13.2 Å². The van der Waals surface area contributed by atoms with E-state index in [0.717, 1.165) is 0 Å². The van der Waals surface area contributed by atoms with Gasteiger partial charge in [-0.25, -0.2) is 8.42 Å². The molecule has 0 aliphatic heterocycles. The molecule has 0 fully saturated rings. The van der Waals surface area contributed by atoms with E-state index in [0.29, 0.717) is 10.8 Å². The van der Waals surface area contributed by atoms with Crippen molar-refractivity contribution in [3.05, 3.63) is 17.5 Å². The highest BCUT2D eigenvalue weighted by atomic mass is 32.2. The van der Waals surface area contributed by atoms with Crippen LogP contribution in [0.15, 0.2) is 21.7 Å². The molecule has 0 radical (unpaired) electrons. The molecular weight excluding hydrogens is 234 g/mol. The Kier molecular flexibility index (Phi) is 4.72. The fourth-order valence-corrected chi connectivity index (χ4v) is 3.85. The van der Waals surface area contributed by atoms with Crippen molar-refractivity contribution in [1.82, 2.24) is 5.32 Å². The van der Waals surface area contributed by atoms with Crippen LogP contribution in [0.3, 0.4) is 0 Å². The van der Waals surface area contributed by atoms with E-state index in [1.165, 1.54) is 11.3 Å². The lowest BCUT2D eigenvalue weighted by atomic mass is 10.4. The van der Waals surface area contributed by atoms with E-state index >= 15 is 0 Å². The maximum atomic E-state index is 11.9. The summed E-state index contributed by atoms with van der Waals surface area (Å²) in [6.45, 7) is 0.390. The van der Waals surface area contributed by atoms with Crippen molar-refractivity contribution in [3.8, 4) is 0 Å². The summed E-state index contributed by atoms with van der Waals surface area (Å²) in [5.74, 6) is 0.0673. The van der Waals surface area contributed by atoms with Gasteiger partial charge in [0.1, 0.15) is 4.21 Å². The zero-order valence-electron chi connectivity index (χ0n) is 8.76. The number of hydrogen-bond acceptors (Lipinski definition) is 5. The lowest BCUT2D eigenvalue weighted by Gasteiger charge is -2.14. The first kappa shape index (κ1) is 12.6. The number of thiophene rings is 1. The molecule has 1 heterocycles. The van der Waals surface area contributed by atoms with Crippen molar-refractivity contribution in [1.29, 1.82) is 0 Å². The molecule has 1 aromatic heterocycles. The van der Waals surface area contributed by atoms with Crippen LogP contribution in [0.5, 0.6) is 0 Å². The first-order valence-electron chi connectivity index (χ1n) is 4.52. The van der Waals surface area contributed by atoms with Gasteiger partial charge in [-0.15, -0.1) is 11.3 Å². The second-order valence-corrected chi connectivity index (χ2v) is 6.36. The third-order valence-corrected chi connectivity index (χ3v) is 5.30. The first-order valence-corrected chi connectivity index (χ1v) is 7.06. The minimum atomic E-state index is -3.17. The van der Waals surface area contributed by atoms with Crippen molar-refractivity contribution in [3.63, 3.8) is 0 Å². The summed E-state index contributed by atoms with van der Waals surface area (Å²) in [5, 5.41) is 4.68. The number of nitrogens with one attached hydrogen (secondary N) is 1. The number of methoxy groups -OCH3 is 1. The molecule has 1 aromatic rings.